The molecular formula is C19H20N2O6. The van der Waals surface area contributed by atoms with Crippen molar-refractivity contribution in [3.05, 3.63) is 62.7 Å². The van der Waals surface area contributed by atoms with Crippen molar-refractivity contribution >= 4 is 17.4 Å². The maximum atomic E-state index is 12.9. The molecule has 0 aromatic heterocycles. The second-order valence-electron chi connectivity index (χ2n) is 7.40. The molecule has 2 aliphatic rings. The fraction of sp³-hybridized carbons (Fsp3) is 0.368. The van der Waals surface area contributed by atoms with Gasteiger partial charge in [-0.3, -0.25) is 14.9 Å². The first kappa shape index (κ1) is 18.6. The van der Waals surface area contributed by atoms with E-state index in [-0.39, 0.29) is 45.9 Å². The minimum Gasteiger partial charge on any atom is -0.465 e. The fourth-order valence-corrected chi connectivity index (χ4v) is 3.70. The average Bonchev–Trinajstić information content (AvgIpc) is 2.58. The summed E-state index contributed by atoms with van der Waals surface area (Å²) in [7, 11) is 1.18. The summed E-state index contributed by atoms with van der Waals surface area (Å²) in [6, 6.07) is 5.97. The standard InChI is InChI=1S/C19H20N2O6/c1-19(2)8-12(22)15-13(9-19)27-17(20)16(18(23)26-3)14(15)10-6-4-5-7-11(10)21(24)25/h4-7,14H,8-9,20H2,1-3H3/t14-/m0/s1. The number of hydrogen-bond acceptors (Lipinski definition) is 7. The van der Waals surface area contributed by atoms with Crippen molar-refractivity contribution in [2.45, 2.75) is 32.6 Å². The number of para-hydroxylation sites is 1. The molecule has 1 atom stereocenters. The second kappa shape index (κ2) is 6.53. The van der Waals surface area contributed by atoms with Crippen LogP contribution in [-0.2, 0) is 19.1 Å². The maximum absolute atomic E-state index is 12.9. The summed E-state index contributed by atoms with van der Waals surface area (Å²) >= 11 is 0. The van der Waals surface area contributed by atoms with Crippen molar-refractivity contribution in [2.75, 3.05) is 7.11 Å². The van der Waals surface area contributed by atoms with Crippen molar-refractivity contribution in [1.29, 1.82) is 0 Å². The summed E-state index contributed by atoms with van der Waals surface area (Å²) in [6.45, 7) is 3.85. The number of hydrogen-bond donors (Lipinski definition) is 1. The van der Waals surface area contributed by atoms with E-state index < -0.39 is 16.8 Å². The molecule has 1 aliphatic carbocycles. The molecule has 0 fully saturated rings. The van der Waals surface area contributed by atoms with Gasteiger partial charge in [0.2, 0.25) is 5.88 Å². The molecular weight excluding hydrogens is 352 g/mol. The average molecular weight is 372 g/mol. The highest BCUT2D eigenvalue weighted by Gasteiger charge is 2.46. The first-order chi connectivity index (χ1) is 12.7. The lowest BCUT2D eigenvalue weighted by Gasteiger charge is -2.37. The van der Waals surface area contributed by atoms with Crippen LogP contribution in [0.15, 0.2) is 47.1 Å². The second-order valence-corrected chi connectivity index (χ2v) is 7.40. The number of ketones is 1. The van der Waals surface area contributed by atoms with Crippen LogP contribution in [-0.4, -0.2) is 23.8 Å². The van der Waals surface area contributed by atoms with Gasteiger partial charge < -0.3 is 15.2 Å². The number of nitrogens with two attached hydrogens (primary N) is 1. The highest BCUT2D eigenvalue weighted by molar-refractivity contribution is 6.03. The number of methoxy groups -OCH3 is 1. The monoisotopic (exact) mass is 372 g/mol. The maximum Gasteiger partial charge on any atom is 0.340 e. The molecule has 0 bridgehead atoms. The molecule has 8 heteroatoms. The molecule has 2 N–H and O–H groups in total. The molecule has 27 heavy (non-hydrogen) atoms. The summed E-state index contributed by atoms with van der Waals surface area (Å²) in [6.07, 6.45) is 0.668. The van der Waals surface area contributed by atoms with Crippen LogP contribution >= 0.6 is 0 Å². The number of carbonyl (C=O) groups excluding carboxylic acids is 2. The van der Waals surface area contributed by atoms with Gasteiger partial charge in [0.15, 0.2) is 5.78 Å². The minimum absolute atomic E-state index is 0.0985. The molecule has 3 rings (SSSR count). The molecule has 8 nitrogen and oxygen atoms in total. The molecule has 0 amide bonds. The Balaban J connectivity index is 2.28. The van der Waals surface area contributed by atoms with E-state index in [4.69, 9.17) is 15.2 Å². The zero-order valence-electron chi connectivity index (χ0n) is 15.3. The smallest absolute Gasteiger partial charge is 0.340 e. The Morgan fingerprint density at radius 1 is 1.33 bits per heavy atom. The van der Waals surface area contributed by atoms with Gasteiger partial charge in [-0.1, -0.05) is 32.0 Å². The first-order valence-corrected chi connectivity index (χ1v) is 8.41. The van der Waals surface area contributed by atoms with Gasteiger partial charge in [-0.15, -0.1) is 0 Å². The van der Waals surface area contributed by atoms with Gasteiger partial charge in [0, 0.05) is 30.0 Å². The molecule has 0 radical (unpaired) electrons. The molecule has 1 aromatic carbocycles. The molecule has 0 saturated heterocycles. The molecule has 0 unspecified atom stereocenters. The van der Waals surface area contributed by atoms with E-state index in [0.29, 0.717) is 12.2 Å². The van der Waals surface area contributed by atoms with Crippen LogP contribution in [0.2, 0.25) is 0 Å². The number of Topliss-reactive ketones (excluding diaryl/α,β-unsaturated/α-hetero) is 1. The van der Waals surface area contributed by atoms with E-state index in [0.717, 1.165) is 0 Å². The summed E-state index contributed by atoms with van der Waals surface area (Å²) in [5, 5.41) is 11.5. The number of rotatable bonds is 3. The minimum atomic E-state index is -1.01. The molecule has 0 spiro atoms. The van der Waals surface area contributed by atoms with Gasteiger partial charge in [0.25, 0.3) is 5.69 Å². The molecule has 1 aliphatic heterocycles. The van der Waals surface area contributed by atoms with Gasteiger partial charge >= 0.3 is 5.97 Å². The normalized spacial score (nSPS) is 21.4. The Labute approximate surface area is 155 Å². The molecule has 0 saturated carbocycles. The van der Waals surface area contributed by atoms with Gasteiger partial charge in [-0.05, 0) is 5.41 Å². The van der Waals surface area contributed by atoms with Gasteiger partial charge in [-0.2, -0.15) is 0 Å². The summed E-state index contributed by atoms with van der Waals surface area (Å²) in [5.74, 6) is -1.87. The predicted octanol–water partition coefficient (Wildman–Crippen LogP) is 2.70. The highest BCUT2D eigenvalue weighted by atomic mass is 16.6. The lowest BCUT2D eigenvalue weighted by Crippen LogP contribution is -2.35. The Kier molecular flexibility index (Phi) is 4.51. The van der Waals surface area contributed by atoms with Crippen LogP contribution in [0.1, 0.15) is 38.2 Å². The highest BCUT2D eigenvalue weighted by Crippen LogP contribution is 2.49. The van der Waals surface area contributed by atoms with Crippen LogP contribution in [0, 0.1) is 15.5 Å². The van der Waals surface area contributed by atoms with Crippen LogP contribution in [0.5, 0.6) is 0 Å². The van der Waals surface area contributed by atoms with Gasteiger partial charge in [-0.25, -0.2) is 4.79 Å². The van der Waals surface area contributed by atoms with Crippen LogP contribution < -0.4 is 5.73 Å². The number of esters is 1. The number of nitro groups is 1. The SMILES string of the molecule is COC(=O)C1=C(N)OC2=C(C(=O)CC(C)(C)C2)[C@@H]1c1ccccc1[N+](=O)[O-]. The predicted molar refractivity (Wildman–Crippen MR) is 95.2 cm³/mol. The van der Waals surface area contributed by atoms with Crippen LogP contribution in [0.4, 0.5) is 5.69 Å². The number of carbonyl (C=O) groups is 2. The fourth-order valence-electron chi connectivity index (χ4n) is 3.70. The lowest BCUT2D eigenvalue weighted by molar-refractivity contribution is -0.385. The first-order valence-electron chi connectivity index (χ1n) is 8.41. The summed E-state index contributed by atoms with van der Waals surface area (Å²) < 4.78 is 10.4. The van der Waals surface area contributed by atoms with Crippen LogP contribution in [0.25, 0.3) is 0 Å². The Morgan fingerprint density at radius 2 is 2.00 bits per heavy atom. The Bertz CT molecular complexity index is 913. The third-order valence-electron chi connectivity index (χ3n) is 4.80. The zero-order valence-corrected chi connectivity index (χ0v) is 15.3. The van der Waals surface area contributed by atoms with Gasteiger partial charge in [0.1, 0.15) is 11.3 Å². The van der Waals surface area contributed by atoms with Crippen molar-refractivity contribution in [1.82, 2.24) is 0 Å². The van der Waals surface area contributed by atoms with E-state index in [2.05, 4.69) is 0 Å². The Hall–Kier alpha value is -3.16. The summed E-state index contributed by atoms with van der Waals surface area (Å²) in [5.41, 5.74) is 5.78. The number of benzene rings is 1. The van der Waals surface area contributed by atoms with Crippen molar-refractivity contribution < 1.29 is 24.0 Å². The number of nitro benzene ring substituents is 1. The van der Waals surface area contributed by atoms with E-state index in [9.17, 15) is 19.7 Å². The lowest BCUT2D eigenvalue weighted by atomic mass is 9.70. The topological polar surface area (TPSA) is 122 Å². The number of nitrogens with zero attached hydrogens (tertiary/aromatic N) is 1. The van der Waals surface area contributed by atoms with Crippen molar-refractivity contribution in [2.24, 2.45) is 11.1 Å². The number of allylic oxidation sites excluding steroid dienone is 2. The zero-order chi connectivity index (χ0) is 19.9. The van der Waals surface area contributed by atoms with Crippen LogP contribution in [0.3, 0.4) is 0 Å². The van der Waals surface area contributed by atoms with E-state index in [1.165, 1.54) is 25.3 Å². The summed E-state index contributed by atoms with van der Waals surface area (Å²) in [4.78, 5) is 36.4. The third kappa shape index (κ3) is 3.18. The van der Waals surface area contributed by atoms with Gasteiger partial charge in [0.05, 0.1) is 18.0 Å². The van der Waals surface area contributed by atoms with E-state index in [1.807, 2.05) is 13.8 Å². The Morgan fingerprint density at radius 3 is 2.63 bits per heavy atom. The van der Waals surface area contributed by atoms with E-state index >= 15 is 0 Å². The molecule has 142 valence electrons. The molecule has 1 heterocycles. The number of ether oxygens (including phenoxy) is 2. The molecule has 1 aromatic rings. The van der Waals surface area contributed by atoms with Crippen molar-refractivity contribution in [3.63, 3.8) is 0 Å². The third-order valence-corrected chi connectivity index (χ3v) is 4.80. The largest absolute Gasteiger partial charge is 0.465 e. The quantitative estimate of drug-likeness (QED) is 0.492. The van der Waals surface area contributed by atoms with Crippen molar-refractivity contribution in [3.8, 4) is 0 Å². The van der Waals surface area contributed by atoms with E-state index in [1.54, 1.807) is 6.07 Å².